The number of nitrogens with zero attached hydrogens (tertiary/aromatic N) is 3. The van der Waals surface area contributed by atoms with Gasteiger partial charge in [0.15, 0.2) is 0 Å². The molecule has 1 heterocycles. The van der Waals surface area contributed by atoms with Crippen LogP contribution in [0.25, 0.3) is 0 Å². The third-order valence-electron chi connectivity index (χ3n) is 2.88. The maximum atomic E-state index is 4.63. The predicted molar refractivity (Wildman–Crippen MR) is 76.9 cm³/mol. The van der Waals surface area contributed by atoms with Crippen molar-refractivity contribution < 1.29 is 0 Å². The van der Waals surface area contributed by atoms with Gasteiger partial charge in [-0.15, -0.1) is 0 Å². The standard InChI is InChI=1S/C14H26N4/c1-6-15-8-13-9-16-14(17-12(13)5)18(7-2)10-11(3)4/h9,11,15H,6-8,10H2,1-5H3. The topological polar surface area (TPSA) is 41.1 Å². The van der Waals surface area contributed by atoms with Gasteiger partial charge >= 0.3 is 0 Å². The van der Waals surface area contributed by atoms with Gasteiger partial charge in [0.2, 0.25) is 5.95 Å². The fourth-order valence-corrected chi connectivity index (χ4v) is 1.86. The molecule has 18 heavy (non-hydrogen) atoms. The lowest BCUT2D eigenvalue weighted by atomic mass is 10.2. The highest BCUT2D eigenvalue weighted by Gasteiger charge is 2.11. The van der Waals surface area contributed by atoms with Crippen molar-refractivity contribution in [3.8, 4) is 0 Å². The van der Waals surface area contributed by atoms with Crippen LogP contribution in [0.4, 0.5) is 5.95 Å². The summed E-state index contributed by atoms with van der Waals surface area (Å²) in [5, 5.41) is 3.31. The van der Waals surface area contributed by atoms with Gasteiger partial charge in [-0.05, 0) is 26.3 Å². The molecule has 4 heteroatoms. The van der Waals surface area contributed by atoms with Gasteiger partial charge in [0.05, 0.1) is 0 Å². The van der Waals surface area contributed by atoms with Crippen LogP contribution in [0.2, 0.25) is 0 Å². The van der Waals surface area contributed by atoms with E-state index in [1.807, 2.05) is 6.20 Å². The quantitative estimate of drug-likeness (QED) is 0.806. The number of hydrogen-bond acceptors (Lipinski definition) is 4. The van der Waals surface area contributed by atoms with Crippen LogP contribution in [-0.4, -0.2) is 29.6 Å². The molecule has 0 saturated carbocycles. The van der Waals surface area contributed by atoms with Crippen LogP contribution in [0.15, 0.2) is 6.20 Å². The monoisotopic (exact) mass is 250 g/mol. The summed E-state index contributed by atoms with van der Waals surface area (Å²) < 4.78 is 0. The maximum Gasteiger partial charge on any atom is 0.225 e. The van der Waals surface area contributed by atoms with Crippen LogP contribution >= 0.6 is 0 Å². The number of aryl methyl sites for hydroxylation is 1. The Kier molecular flexibility index (Phi) is 6.05. The second-order valence-electron chi connectivity index (χ2n) is 4.99. The second-order valence-corrected chi connectivity index (χ2v) is 4.99. The van der Waals surface area contributed by atoms with Gasteiger partial charge in [-0.2, -0.15) is 0 Å². The zero-order valence-electron chi connectivity index (χ0n) is 12.3. The number of hydrogen-bond donors (Lipinski definition) is 1. The van der Waals surface area contributed by atoms with E-state index in [1.54, 1.807) is 0 Å². The highest BCUT2D eigenvalue weighted by atomic mass is 15.2. The summed E-state index contributed by atoms with van der Waals surface area (Å²) in [7, 11) is 0. The smallest absolute Gasteiger partial charge is 0.225 e. The van der Waals surface area contributed by atoms with E-state index < -0.39 is 0 Å². The summed E-state index contributed by atoms with van der Waals surface area (Å²) in [4.78, 5) is 11.3. The maximum absolute atomic E-state index is 4.63. The van der Waals surface area contributed by atoms with Crippen molar-refractivity contribution in [3.05, 3.63) is 17.5 Å². The van der Waals surface area contributed by atoms with Crippen LogP contribution < -0.4 is 10.2 Å². The number of aromatic nitrogens is 2. The average Bonchev–Trinajstić information content (AvgIpc) is 2.34. The summed E-state index contributed by atoms with van der Waals surface area (Å²) in [5.74, 6) is 1.47. The van der Waals surface area contributed by atoms with Gasteiger partial charge in [-0.1, -0.05) is 20.8 Å². The lowest BCUT2D eigenvalue weighted by molar-refractivity contribution is 0.607. The van der Waals surface area contributed by atoms with Crippen molar-refractivity contribution in [2.24, 2.45) is 5.92 Å². The van der Waals surface area contributed by atoms with Crippen molar-refractivity contribution in [2.75, 3.05) is 24.5 Å². The Hall–Kier alpha value is -1.16. The molecule has 4 nitrogen and oxygen atoms in total. The minimum atomic E-state index is 0.621. The van der Waals surface area contributed by atoms with Crippen molar-refractivity contribution in [1.82, 2.24) is 15.3 Å². The summed E-state index contributed by atoms with van der Waals surface area (Å²) in [6.45, 7) is 14.5. The molecule has 1 aromatic heterocycles. The first-order chi connectivity index (χ1) is 8.58. The Bertz CT molecular complexity index is 363. The fraction of sp³-hybridized carbons (Fsp3) is 0.714. The molecule has 0 radical (unpaired) electrons. The van der Waals surface area contributed by atoms with E-state index in [0.717, 1.165) is 37.8 Å². The molecule has 0 atom stereocenters. The first-order valence-electron chi connectivity index (χ1n) is 6.86. The van der Waals surface area contributed by atoms with E-state index in [9.17, 15) is 0 Å². The molecule has 0 aromatic carbocycles. The van der Waals surface area contributed by atoms with E-state index in [-0.39, 0.29) is 0 Å². The molecule has 0 aliphatic heterocycles. The number of rotatable bonds is 7. The zero-order chi connectivity index (χ0) is 13.5. The zero-order valence-corrected chi connectivity index (χ0v) is 12.3. The molecule has 1 N–H and O–H groups in total. The molecule has 102 valence electrons. The summed E-state index contributed by atoms with van der Waals surface area (Å²) >= 11 is 0. The van der Waals surface area contributed by atoms with Gasteiger partial charge in [-0.3, -0.25) is 0 Å². The Morgan fingerprint density at radius 2 is 2.06 bits per heavy atom. The normalized spacial score (nSPS) is 11.0. The largest absolute Gasteiger partial charge is 0.341 e. The molecule has 0 saturated heterocycles. The Balaban J connectivity index is 2.81. The van der Waals surface area contributed by atoms with E-state index in [2.05, 4.69) is 54.8 Å². The van der Waals surface area contributed by atoms with Crippen LogP contribution in [0.3, 0.4) is 0 Å². The van der Waals surface area contributed by atoms with Crippen molar-refractivity contribution >= 4 is 5.95 Å². The van der Waals surface area contributed by atoms with Crippen molar-refractivity contribution in [3.63, 3.8) is 0 Å². The minimum Gasteiger partial charge on any atom is -0.341 e. The van der Waals surface area contributed by atoms with Gasteiger partial charge in [0, 0.05) is 37.1 Å². The van der Waals surface area contributed by atoms with Gasteiger partial charge in [-0.25, -0.2) is 9.97 Å². The molecule has 0 amide bonds. The van der Waals surface area contributed by atoms with Crippen LogP contribution in [-0.2, 0) is 6.54 Å². The third kappa shape index (κ3) is 4.26. The van der Waals surface area contributed by atoms with Gasteiger partial charge in [0.1, 0.15) is 0 Å². The number of anilines is 1. The molecule has 1 aromatic rings. The Morgan fingerprint density at radius 3 is 2.56 bits per heavy atom. The van der Waals surface area contributed by atoms with Crippen molar-refractivity contribution in [2.45, 2.75) is 41.2 Å². The third-order valence-corrected chi connectivity index (χ3v) is 2.88. The molecule has 0 spiro atoms. The summed E-state index contributed by atoms with van der Waals surface area (Å²) in [5.41, 5.74) is 2.25. The Morgan fingerprint density at radius 1 is 1.33 bits per heavy atom. The lowest BCUT2D eigenvalue weighted by Gasteiger charge is -2.23. The van der Waals surface area contributed by atoms with E-state index in [0.29, 0.717) is 5.92 Å². The average molecular weight is 250 g/mol. The lowest BCUT2D eigenvalue weighted by Crippen LogP contribution is -2.29. The van der Waals surface area contributed by atoms with E-state index in [1.165, 1.54) is 5.56 Å². The van der Waals surface area contributed by atoms with Gasteiger partial charge in [0.25, 0.3) is 0 Å². The van der Waals surface area contributed by atoms with Gasteiger partial charge < -0.3 is 10.2 Å². The minimum absolute atomic E-state index is 0.621. The molecule has 0 aliphatic carbocycles. The van der Waals surface area contributed by atoms with Crippen LogP contribution in [0.1, 0.15) is 39.0 Å². The molecule has 0 bridgehead atoms. The summed E-state index contributed by atoms with van der Waals surface area (Å²) in [6.07, 6.45) is 1.95. The highest BCUT2D eigenvalue weighted by molar-refractivity contribution is 5.32. The highest BCUT2D eigenvalue weighted by Crippen LogP contribution is 2.12. The van der Waals surface area contributed by atoms with Crippen LogP contribution in [0, 0.1) is 12.8 Å². The SMILES string of the molecule is CCNCc1cnc(N(CC)CC(C)C)nc1C. The predicted octanol–water partition coefficient (Wildman–Crippen LogP) is 2.38. The molecule has 1 rings (SSSR count). The molecule has 0 aliphatic rings. The molecule has 0 unspecified atom stereocenters. The van der Waals surface area contributed by atoms with Crippen molar-refractivity contribution in [1.29, 1.82) is 0 Å². The Labute approximate surface area is 111 Å². The van der Waals surface area contributed by atoms with Crippen LogP contribution in [0.5, 0.6) is 0 Å². The second kappa shape index (κ2) is 7.31. The first-order valence-corrected chi connectivity index (χ1v) is 6.86. The molecular weight excluding hydrogens is 224 g/mol. The number of nitrogens with one attached hydrogen (secondary N) is 1. The first kappa shape index (κ1) is 14.9. The fourth-order valence-electron chi connectivity index (χ4n) is 1.86. The molecular formula is C14H26N4. The van der Waals surface area contributed by atoms with E-state index in [4.69, 9.17) is 0 Å². The summed E-state index contributed by atoms with van der Waals surface area (Å²) in [6, 6.07) is 0. The van der Waals surface area contributed by atoms with E-state index >= 15 is 0 Å². The molecule has 0 fully saturated rings.